The van der Waals surface area contributed by atoms with Crippen molar-refractivity contribution in [2.45, 2.75) is 46.1 Å². The predicted molar refractivity (Wildman–Crippen MR) is 91.7 cm³/mol. The summed E-state index contributed by atoms with van der Waals surface area (Å²) >= 11 is 0. The molecule has 128 valence electrons. The average Bonchev–Trinajstić information content (AvgIpc) is 3.14. The zero-order valence-electron chi connectivity index (χ0n) is 14.5. The normalized spacial score (nSPS) is 18.2. The fraction of sp³-hybridized carbons (Fsp3) is 0.474. The highest BCUT2D eigenvalue weighted by Crippen LogP contribution is 2.30. The van der Waals surface area contributed by atoms with Crippen molar-refractivity contribution in [3.05, 3.63) is 48.0 Å². The highest BCUT2D eigenvalue weighted by Gasteiger charge is 2.33. The van der Waals surface area contributed by atoms with Crippen molar-refractivity contribution in [3.63, 3.8) is 0 Å². The second-order valence-electron chi connectivity index (χ2n) is 7.66. The Kier molecular flexibility index (Phi) is 4.43. The van der Waals surface area contributed by atoms with Gasteiger partial charge in [-0.3, -0.25) is 4.79 Å². The van der Waals surface area contributed by atoms with E-state index in [0.29, 0.717) is 11.4 Å². The lowest BCUT2D eigenvalue weighted by molar-refractivity contribution is 0.0697. The van der Waals surface area contributed by atoms with Gasteiger partial charge in [-0.1, -0.05) is 32.9 Å². The van der Waals surface area contributed by atoms with E-state index in [1.807, 2.05) is 4.90 Å². The molecule has 0 radical (unpaired) electrons. The first-order valence-corrected chi connectivity index (χ1v) is 8.47. The monoisotopic (exact) mass is 329 g/mol. The van der Waals surface area contributed by atoms with Gasteiger partial charge in [0.2, 0.25) is 0 Å². The van der Waals surface area contributed by atoms with Crippen LogP contribution in [-0.2, 0) is 0 Å². The van der Waals surface area contributed by atoms with Crippen LogP contribution in [-0.4, -0.2) is 33.2 Å². The summed E-state index contributed by atoms with van der Waals surface area (Å²) in [6.45, 7) is 7.36. The molecule has 4 nitrogen and oxygen atoms in total. The summed E-state index contributed by atoms with van der Waals surface area (Å²) in [6.07, 6.45) is 4.69. The van der Waals surface area contributed by atoms with Crippen LogP contribution >= 0.6 is 0 Å². The summed E-state index contributed by atoms with van der Waals surface area (Å²) in [5, 5.41) is 4.30. The molecule has 0 saturated carbocycles. The van der Waals surface area contributed by atoms with Crippen LogP contribution in [0.1, 0.15) is 50.5 Å². The van der Waals surface area contributed by atoms with Crippen molar-refractivity contribution in [2.24, 2.45) is 5.41 Å². The van der Waals surface area contributed by atoms with Crippen LogP contribution in [0, 0.1) is 11.2 Å². The van der Waals surface area contributed by atoms with Gasteiger partial charge in [-0.05, 0) is 42.9 Å². The van der Waals surface area contributed by atoms with E-state index < -0.39 is 0 Å². The van der Waals surface area contributed by atoms with Crippen molar-refractivity contribution in [1.82, 2.24) is 14.7 Å². The number of nitrogens with zero attached hydrogens (tertiary/aromatic N) is 3. The standard InChI is InChI=1S/C19H24FN3O/c1-19(2,3)13-14-7-6-11-22(14)18(24)16-10-12-23(21-16)17-9-5-4-8-15(17)20/h4-5,8-10,12,14H,6-7,11,13H2,1-3H3. The van der Waals surface area contributed by atoms with E-state index in [-0.39, 0.29) is 23.2 Å². The predicted octanol–water partition coefficient (Wildman–Crippen LogP) is 4.05. The van der Waals surface area contributed by atoms with E-state index in [2.05, 4.69) is 25.9 Å². The van der Waals surface area contributed by atoms with E-state index >= 15 is 0 Å². The minimum Gasteiger partial charge on any atom is -0.334 e. The number of aromatic nitrogens is 2. The summed E-state index contributed by atoms with van der Waals surface area (Å²) in [6, 6.07) is 8.35. The summed E-state index contributed by atoms with van der Waals surface area (Å²) in [5.41, 5.74) is 0.906. The van der Waals surface area contributed by atoms with E-state index in [1.165, 1.54) is 10.7 Å². The number of rotatable bonds is 3. The first kappa shape index (κ1) is 16.7. The third-order valence-electron chi connectivity index (χ3n) is 4.39. The van der Waals surface area contributed by atoms with Crippen molar-refractivity contribution < 1.29 is 9.18 Å². The molecule has 0 bridgehead atoms. The van der Waals surface area contributed by atoms with Crippen LogP contribution < -0.4 is 0 Å². The third kappa shape index (κ3) is 3.50. The van der Waals surface area contributed by atoms with Gasteiger partial charge in [-0.15, -0.1) is 0 Å². The van der Waals surface area contributed by atoms with Crippen LogP contribution in [0.15, 0.2) is 36.5 Å². The molecule has 0 N–H and O–H groups in total. The molecular formula is C19H24FN3O. The Morgan fingerprint density at radius 1 is 1.29 bits per heavy atom. The molecular weight excluding hydrogens is 305 g/mol. The lowest BCUT2D eigenvalue weighted by Crippen LogP contribution is -2.38. The van der Waals surface area contributed by atoms with E-state index in [4.69, 9.17) is 0 Å². The molecule has 2 heterocycles. The number of carbonyl (C=O) groups is 1. The second-order valence-corrected chi connectivity index (χ2v) is 7.66. The molecule has 1 atom stereocenters. The van der Waals surface area contributed by atoms with Crippen molar-refractivity contribution >= 4 is 5.91 Å². The molecule has 24 heavy (non-hydrogen) atoms. The van der Waals surface area contributed by atoms with E-state index in [0.717, 1.165) is 25.8 Å². The molecule has 1 aliphatic heterocycles. The molecule has 1 aromatic carbocycles. The maximum atomic E-state index is 13.9. The molecule has 3 rings (SSSR count). The van der Waals surface area contributed by atoms with Gasteiger partial charge in [-0.25, -0.2) is 9.07 Å². The Hall–Kier alpha value is -2.17. The summed E-state index contributed by atoms with van der Waals surface area (Å²) in [5.74, 6) is -0.414. The van der Waals surface area contributed by atoms with Crippen LogP contribution in [0.25, 0.3) is 5.69 Å². The van der Waals surface area contributed by atoms with Gasteiger partial charge in [0, 0.05) is 18.8 Å². The van der Waals surface area contributed by atoms with Gasteiger partial charge >= 0.3 is 0 Å². The van der Waals surface area contributed by atoms with Gasteiger partial charge in [0.15, 0.2) is 5.69 Å². The number of hydrogen-bond acceptors (Lipinski definition) is 2. The minimum atomic E-state index is -0.355. The molecule has 1 aromatic heterocycles. The Balaban J connectivity index is 1.80. The number of carbonyl (C=O) groups excluding carboxylic acids is 1. The number of para-hydroxylation sites is 1. The molecule has 1 aliphatic rings. The van der Waals surface area contributed by atoms with E-state index in [9.17, 15) is 9.18 Å². The van der Waals surface area contributed by atoms with Crippen molar-refractivity contribution in [2.75, 3.05) is 6.54 Å². The lowest BCUT2D eigenvalue weighted by atomic mass is 9.87. The fourth-order valence-corrected chi connectivity index (χ4v) is 3.38. The Bertz CT molecular complexity index is 732. The largest absolute Gasteiger partial charge is 0.334 e. The summed E-state index contributed by atoms with van der Waals surface area (Å²) < 4.78 is 15.3. The molecule has 1 unspecified atom stereocenters. The van der Waals surface area contributed by atoms with Crippen molar-refractivity contribution in [3.8, 4) is 5.69 Å². The zero-order chi connectivity index (χ0) is 17.3. The SMILES string of the molecule is CC(C)(C)CC1CCCN1C(=O)c1ccn(-c2ccccc2F)n1. The first-order valence-electron chi connectivity index (χ1n) is 8.47. The first-order chi connectivity index (χ1) is 11.3. The van der Waals surface area contributed by atoms with Crippen LogP contribution in [0.4, 0.5) is 4.39 Å². The number of halogens is 1. The second kappa shape index (κ2) is 6.38. The van der Waals surface area contributed by atoms with Gasteiger partial charge in [-0.2, -0.15) is 5.10 Å². The Morgan fingerprint density at radius 2 is 2.04 bits per heavy atom. The number of benzene rings is 1. The Morgan fingerprint density at radius 3 is 2.75 bits per heavy atom. The topological polar surface area (TPSA) is 38.1 Å². The van der Waals surface area contributed by atoms with Gasteiger partial charge in [0.25, 0.3) is 5.91 Å². The van der Waals surface area contributed by atoms with Gasteiger partial charge < -0.3 is 4.90 Å². The fourth-order valence-electron chi connectivity index (χ4n) is 3.38. The molecule has 0 aliphatic carbocycles. The molecule has 0 spiro atoms. The zero-order valence-corrected chi connectivity index (χ0v) is 14.5. The van der Waals surface area contributed by atoms with Gasteiger partial charge in [0.05, 0.1) is 0 Å². The Labute approximate surface area is 142 Å². The number of hydrogen-bond donors (Lipinski definition) is 0. The quantitative estimate of drug-likeness (QED) is 0.852. The molecule has 5 heteroatoms. The minimum absolute atomic E-state index is 0.0585. The molecule has 1 saturated heterocycles. The number of amides is 1. The lowest BCUT2D eigenvalue weighted by Gasteiger charge is -2.30. The summed E-state index contributed by atoms with van der Waals surface area (Å²) in [4.78, 5) is 14.8. The highest BCUT2D eigenvalue weighted by atomic mass is 19.1. The molecule has 1 amide bonds. The van der Waals surface area contributed by atoms with Crippen LogP contribution in [0.5, 0.6) is 0 Å². The molecule has 1 fully saturated rings. The van der Waals surface area contributed by atoms with Crippen LogP contribution in [0.3, 0.4) is 0 Å². The summed E-state index contributed by atoms with van der Waals surface area (Å²) in [7, 11) is 0. The smallest absolute Gasteiger partial charge is 0.274 e. The average molecular weight is 329 g/mol. The third-order valence-corrected chi connectivity index (χ3v) is 4.39. The number of likely N-dealkylation sites (tertiary alicyclic amines) is 1. The van der Waals surface area contributed by atoms with Crippen LogP contribution in [0.2, 0.25) is 0 Å². The highest BCUT2D eigenvalue weighted by molar-refractivity contribution is 5.92. The molecule has 2 aromatic rings. The van der Waals surface area contributed by atoms with E-state index in [1.54, 1.807) is 30.5 Å². The maximum Gasteiger partial charge on any atom is 0.274 e. The van der Waals surface area contributed by atoms with Crippen molar-refractivity contribution in [1.29, 1.82) is 0 Å². The maximum absolute atomic E-state index is 13.9. The van der Waals surface area contributed by atoms with Gasteiger partial charge in [0.1, 0.15) is 11.5 Å².